The Labute approximate surface area is 179 Å². The van der Waals surface area contributed by atoms with E-state index in [1.54, 1.807) is 10.4 Å². The number of nitrogens with zero attached hydrogens (tertiary/aromatic N) is 1. The van der Waals surface area contributed by atoms with Gasteiger partial charge in [0, 0.05) is 19.0 Å². The summed E-state index contributed by atoms with van der Waals surface area (Å²) in [7, 11) is 0. The molecule has 1 unspecified atom stereocenters. The minimum Gasteiger partial charge on any atom is -0.352 e. The van der Waals surface area contributed by atoms with Gasteiger partial charge in [0.1, 0.15) is 6.04 Å². The Morgan fingerprint density at radius 1 is 1.13 bits per heavy atom. The second kappa shape index (κ2) is 8.85. The van der Waals surface area contributed by atoms with Gasteiger partial charge in [-0.25, -0.2) is 5.48 Å². The van der Waals surface area contributed by atoms with Gasteiger partial charge in [-0.05, 0) is 55.8 Å². The van der Waals surface area contributed by atoms with E-state index < -0.39 is 17.9 Å². The Bertz CT molecular complexity index is 667. The number of hydrogen-bond acceptors (Lipinski definition) is 4. The maximum atomic E-state index is 13.9. The number of amides is 3. The van der Waals surface area contributed by atoms with Crippen LogP contribution >= 0.6 is 0 Å². The van der Waals surface area contributed by atoms with Crippen molar-refractivity contribution in [1.29, 1.82) is 0 Å². The van der Waals surface area contributed by atoms with E-state index in [9.17, 15) is 14.4 Å². The Hall–Kier alpha value is -1.63. The Morgan fingerprint density at radius 3 is 2.40 bits per heavy atom. The van der Waals surface area contributed by atoms with Crippen molar-refractivity contribution in [3.63, 3.8) is 0 Å². The van der Waals surface area contributed by atoms with Crippen LogP contribution in [-0.4, -0.2) is 46.5 Å². The van der Waals surface area contributed by atoms with Gasteiger partial charge in [-0.1, -0.05) is 39.0 Å². The van der Waals surface area contributed by atoms with Crippen molar-refractivity contribution in [3.05, 3.63) is 0 Å². The van der Waals surface area contributed by atoms with Crippen molar-refractivity contribution in [3.8, 4) is 0 Å². The highest BCUT2D eigenvalue weighted by atomic mass is 16.5. The first-order chi connectivity index (χ1) is 14.5. The largest absolute Gasteiger partial charge is 0.352 e. The van der Waals surface area contributed by atoms with E-state index in [0.717, 1.165) is 57.8 Å². The number of hydrogen-bond donors (Lipinski definition) is 3. The first-order valence-corrected chi connectivity index (χ1v) is 12.0. The fraction of sp³-hybridized carbons (Fsp3) is 0.870. The van der Waals surface area contributed by atoms with Crippen LogP contribution in [0.4, 0.5) is 0 Å². The van der Waals surface area contributed by atoms with Gasteiger partial charge in [0.2, 0.25) is 17.7 Å². The van der Waals surface area contributed by atoms with Crippen LogP contribution in [0.25, 0.3) is 0 Å². The maximum Gasteiger partial charge on any atom is 0.244 e. The number of hydroxylamine groups is 1. The first-order valence-electron chi connectivity index (χ1n) is 12.0. The lowest BCUT2D eigenvalue weighted by molar-refractivity contribution is -0.147. The average Bonchev–Trinajstić information content (AvgIpc) is 3.59. The van der Waals surface area contributed by atoms with Crippen molar-refractivity contribution in [2.75, 3.05) is 6.54 Å². The molecule has 7 heteroatoms. The van der Waals surface area contributed by atoms with Crippen molar-refractivity contribution in [1.82, 2.24) is 15.7 Å². The molecular formula is C23H37N3O4. The Balaban J connectivity index is 1.56. The zero-order chi connectivity index (χ0) is 21.3. The summed E-state index contributed by atoms with van der Waals surface area (Å²) in [6.07, 6.45) is 11.4. The number of rotatable bonds is 9. The van der Waals surface area contributed by atoms with E-state index in [1.165, 1.54) is 12.8 Å². The molecule has 0 aromatic heterocycles. The van der Waals surface area contributed by atoms with Crippen LogP contribution in [0, 0.1) is 23.2 Å². The molecule has 3 amide bonds. The average molecular weight is 420 g/mol. The van der Waals surface area contributed by atoms with Crippen molar-refractivity contribution < 1.29 is 19.6 Å². The molecule has 3 aliphatic carbocycles. The summed E-state index contributed by atoms with van der Waals surface area (Å²) >= 11 is 0. The molecule has 0 aromatic rings. The van der Waals surface area contributed by atoms with Gasteiger partial charge in [0.25, 0.3) is 0 Å². The predicted molar refractivity (Wildman–Crippen MR) is 111 cm³/mol. The highest BCUT2D eigenvalue weighted by Crippen LogP contribution is 2.55. The third-order valence-electron chi connectivity index (χ3n) is 7.97. The molecule has 3 atom stereocenters. The molecule has 1 aliphatic heterocycles. The number of nitrogens with one attached hydrogen (secondary N) is 2. The van der Waals surface area contributed by atoms with E-state index in [0.29, 0.717) is 12.5 Å². The lowest BCUT2D eigenvalue weighted by Crippen LogP contribution is -2.50. The smallest absolute Gasteiger partial charge is 0.244 e. The summed E-state index contributed by atoms with van der Waals surface area (Å²) in [4.78, 5) is 40.8. The zero-order valence-corrected chi connectivity index (χ0v) is 18.2. The Morgan fingerprint density at radius 2 is 1.83 bits per heavy atom. The van der Waals surface area contributed by atoms with E-state index in [2.05, 4.69) is 12.2 Å². The van der Waals surface area contributed by atoms with Crippen molar-refractivity contribution in [2.45, 2.75) is 96.1 Å². The van der Waals surface area contributed by atoms with Gasteiger partial charge in [0.05, 0.1) is 5.92 Å². The minimum absolute atomic E-state index is 0.00301. The highest BCUT2D eigenvalue weighted by molar-refractivity contribution is 5.91. The number of likely N-dealkylation sites (tertiary alicyclic amines) is 1. The van der Waals surface area contributed by atoms with Crippen LogP contribution in [0.1, 0.15) is 84.0 Å². The standard InChI is InChI=1S/C23H37N3O4/c1-2-5-17(15-6-3-4-7-15)18(12-20(27)25-30)22(29)26-14-23(10-11-23)13-19(26)21(28)24-16-8-9-16/h15-19,30H,2-14H2,1H3,(H,24,28)(H,25,27)/t17?,18-,19+/m1/s1. The van der Waals surface area contributed by atoms with Gasteiger partial charge in [0.15, 0.2) is 0 Å². The van der Waals surface area contributed by atoms with Gasteiger partial charge >= 0.3 is 0 Å². The minimum atomic E-state index is -0.508. The zero-order valence-electron chi connectivity index (χ0n) is 18.2. The molecule has 168 valence electrons. The summed E-state index contributed by atoms with van der Waals surface area (Å²) in [5.74, 6) is -0.472. The molecule has 7 nitrogen and oxygen atoms in total. The van der Waals surface area contributed by atoms with Crippen LogP contribution in [0.15, 0.2) is 0 Å². The topological polar surface area (TPSA) is 98.7 Å². The summed E-state index contributed by atoms with van der Waals surface area (Å²) < 4.78 is 0. The van der Waals surface area contributed by atoms with Gasteiger partial charge < -0.3 is 10.2 Å². The SMILES string of the molecule is CCCC(C1CCCC1)[C@@H](CC(=O)NO)C(=O)N1CC2(CC2)C[C@H]1C(=O)NC1CC1. The summed E-state index contributed by atoms with van der Waals surface area (Å²) in [6.45, 7) is 2.76. The lowest BCUT2D eigenvalue weighted by atomic mass is 9.75. The van der Waals surface area contributed by atoms with E-state index in [1.807, 2.05) is 0 Å². The molecule has 1 heterocycles. The van der Waals surface area contributed by atoms with Crippen LogP contribution in [0.5, 0.6) is 0 Å². The fourth-order valence-electron chi connectivity index (χ4n) is 5.95. The molecule has 0 radical (unpaired) electrons. The van der Waals surface area contributed by atoms with E-state index >= 15 is 0 Å². The van der Waals surface area contributed by atoms with E-state index in [4.69, 9.17) is 5.21 Å². The molecule has 3 N–H and O–H groups in total. The second-order valence-electron chi connectivity index (χ2n) is 10.3. The molecule has 3 saturated carbocycles. The highest BCUT2D eigenvalue weighted by Gasteiger charge is 2.56. The molecule has 0 bridgehead atoms. The van der Waals surface area contributed by atoms with Gasteiger partial charge in [-0.2, -0.15) is 0 Å². The number of carbonyl (C=O) groups excluding carboxylic acids is 3. The molecule has 4 fully saturated rings. The van der Waals surface area contributed by atoms with Crippen molar-refractivity contribution >= 4 is 17.7 Å². The van der Waals surface area contributed by atoms with Gasteiger partial charge in [-0.3, -0.25) is 19.6 Å². The molecule has 1 saturated heterocycles. The summed E-state index contributed by atoms with van der Waals surface area (Å²) in [5, 5.41) is 12.3. The van der Waals surface area contributed by atoms with Crippen LogP contribution in [0.3, 0.4) is 0 Å². The molecule has 0 aromatic carbocycles. The molecule has 1 spiro atoms. The van der Waals surface area contributed by atoms with Crippen LogP contribution in [0.2, 0.25) is 0 Å². The molecule has 30 heavy (non-hydrogen) atoms. The third kappa shape index (κ3) is 4.66. The molecule has 4 aliphatic rings. The first kappa shape index (κ1) is 21.6. The lowest BCUT2D eigenvalue weighted by Gasteiger charge is -2.35. The Kier molecular flexibility index (Phi) is 6.37. The van der Waals surface area contributed by atoms with Crippen LogP contribution < -0.4 is 10.8 Å². The van der Waals surface area contributed by atoms with Crippen molar-refractivity contribution in [2.24, 2.45) is 23.2 Å². The number of carbonyl (C=O) groups is 3. The predicted octanol–water partition coefficient (Wildman–Crippen LogP) is 2.76. The summed E-state index contributed by atoms with van der Waals surface area (Å²) in [5.41, 5.74) is 1.85. The second-order valence-corrected chi connectivity index (χ2v) is 10.3. The fourth-order valence-corrected chi connectivity index (χ4v) is 5.95. The maximum absolute atomic E-state index is 13.9. The molecule has 4 rings (SSSR count). The van der Waals surface area contributed by atoms with Gasteiger partial charge in [-0.15, -0.1) is 0 Å². The monoisotopic (exact) mass is 419 g/mol. The molecular weight excluding hydrogens is 382 g/mol. The third-order valence-corrected chi connectivity index (χ3v) is 7.97. The summed E-state index contributed by atoms with van der Waals surface area (Å²) in [6, 6.07) is -0.140. The van der Waals surface area contributed by atoms with E-state index in [-0.39, 0.29) is 35.6 Å². The quantitative estimate of drug-likeness (QED) is 0.395. The van der Waals surface area contributed by atoms with Crippen LogP contribution in [-0.2, 0) is 14.4 Å². The normalized spacial score (nSPS) is 27.1.